The zero-order chi connectivity index (χ0) is 23.2. The Morgan fingerprint density at radius 3 is 2.42 bits per heavy atom. The van der Waals surface area contributed by atoms with Crippen LogP contribution in [0.1, 0.15) is 12.5 Å². The summed E-state index contributed by atoms with van der Waals surface area (Å²) < 4.78 is 32.2. The third kappa shape index (κ3) is 6.44. The van der Waals surface area contributed by atoms with Crippen LogP contribution in [0.2, 0.25) is 0 Å². The quantitative estimate of drug-likeness (QED) is 0.557. The number of nitrogens with zero attached hydrogens (tertiary/aromatic N) is 2. The van der Waals surface area contributed by atoms with Crippen molar-refractivity contribution >= 4 is 43.5 Å². The number of benzene rings is 2. The van der Waals surface area contributed by atoms with E-state index in [9.17, 15) is 18.0 Å². The molecule has 2 aromatic carbocycles. The van der Waals surface area contributed by atoms with E-state index in [-0.39, 0.29) is 18.1 Å². The maximum Gasteiger partial charge on any atom is 0.244 e. The number of hydrogen-bond acceptors (Lipinski definition) is 5. The van der Waals surface area contributed by atoms with Crippen LogP contribution in [0.5, 0.6) is 5.75 Å². The fraction of sp³-hybridized carbons (Fsp3) is 0.333. The van der Waals surface area contributed by atoms with Crippen molar-refractivity contribution in [3.63, 3.8) is 0 Å². The van der Waals surface area contributed by atoms with Crippen LogP contribution in [0.15, 0.2) is 53.0 Å². The van der Waals surface area contributed by atoms with Gasteiger partial charge in [-0.1, -0.05) is 40.2 Å². The molecule has 31 heavy (non-hydrogen) atoms. The SMILES string of the molecule is CNC(=O)[C@@H](C)N(Cc1cccc(Br)c1)C(=O)CN(c1ccccc1OC)S(C)(=O)=O. The molecule has 0 aliphatic heterocycles. The highest BCUT2D eigenvalue weighted by atomic mass is 79.9. The fourth-order valence-corrected chi connectivity index (χ4v) is 4.35. The van der Waals surface area contributed by atoms with Crippen molar-refractivity contribution in [1.29, 1.82) is 0 Å². The van der Waals surface area contributed by atoms with Gasteiger partial charge in [-0.2, -0.15) is 0 Å². The summed E-state index contributed by atoms with van der Waals surface area (Å²) in [5.41, 5.74) is 1.04. The Morgan fingerprint density at radius 2 is 1.84 bits per heavy atom. The summed E-state index contributed by atoms with van der Waals surface area (Å²) in [6.45, 7) is 1.26. The minimum Gasteiger partial charge on any atom is -0.495 e. The predicted molar refractivity (Wildman–Crippen MR) is 123 cm³/mol. The van der Waals surface area contributed by atoms with Gasteiger partial charge in [0, 0.05) is 18.1 Å². The largest absolute Gasteiger partial charge is 0.495 e. The van der Waals surface area contributed by atoms with Crippen LogP contribution in [0.4, 0.5) is 5.69 Å². The Balaban J connectivity index is 2.42. The predicted octanol–water partition coefficient (Wildman–Crippen LogP) is 2.39. The van der Waals surface area contributed by atoms with Crippen LogP contribution < -0.4 is 14.4 Å². The smallest absolute Gasteiger partial charge is 0.244 e. The zero-order valence-corrected chi connectivity index (χ0v) is 20.2. The molecular weight excluding hydrogens is 486 g/mol. The number of carbonyl (C=O) groups is 2. The minimum absolute atomic E-state index is 0.135. The van der Waals surface area contributed by atoms with Gasteiger partial charge < -0.3 is 15.0 Å². The van der Waals surface area contributed by atoms with Crippen molar-refractivity contribution in [2.45, 2.75) is 19.5 Å². The lowest BCUT2D eigenvalue weighted by Crippen LogP contribution is -2.50. The second kappa shape index (κ2) is 10.6. The van der Waals surface area contributed by atoms with Gasteiger partial charge in [-0.25, -0.2) is 8.42 Å². The van der Waals surface area contributed by atoms with Gasteiger partial charge in [0.25, 0.3) is 0 Å². The first-order chi connectivity index (χ1) is 14.6. The lowest BCUT2D eigenvalue weighted by molar-refractivity contribution is -0.139. The number of carbonyl (C=O) groups excluding carboxylic acids is 2. The third-order valence-electron chi connectivity index (χ3n) is 4.69. The van der Waals surface area contributed by atoms with Crippen LogP contribution in [0, 0.1) is 0 Å². The molecule has 0 radical (unpaired) electrons. The standard InChI is InChI=1S/C21H26BrN3O5S/c1-15(21(27)23-2)24(13-16-8-7-9-17(22)12-16)20(26)14-25(31(4,28)29)18-10-5-6-11-19(18)30-3/h5-12,15H,13-14H2,1-4H3,(H,23,27)/t15-/m1/s1. The molecule has 10 heteroatoms. The van der Waals surface area contributed by atoms with Gasteiger partial charge in [-0.3, -0.25) is 13.9 Å². The molecular formula is C21H26BrN3O5S. The second-order valence-corrected chi connectivity index (χ2v) is 9.71. The zero-order valence-electron chi connectivity index (χ0n) is 17.8. The van der Waals surface area contributed by atoms with E-state index in [0.29, 0.717) is 5.75 Å². The number of para-hydroxylation sites is 2. The molecule has 0 bridgehead atoms. The van der Waals surface area contributed by atoms with E-state index in [2.05, 4.69) is 21.2 Å². The normalized spacial score (nSPS) is 12.0. The van der Waals surface area contributed by atoms with E-state index in [1.165, 1.54) is 19.1 Å². The van der Waals surface area contributed by atoms with Crippen molar-refractivity contribution < 1.29 is 22.7 Å². The summed E-state index contributed by atoms with van der Waals surface area (Å²) in [5.74, 6) is -0.558. The summed E-state index contributed by atoms with van der Waals surface area (Å²) in [6, 6.07) is 13.1. The van der Waals surface area contributed by atoms with E-state index in [4.69, 9.17) is 4.74 Å². The Labute approximate surface area is 191 Å². The molecule has 1 N–H and O–H groups in total. The van der Waals surface area contributed by atoms with E-state index in [1.807, 2.05) is 24.3 Å². The van der Waals surface area contributed by atoms with Crippen molar-refractivity contribution in [2.24, 2.45) is 0 Å². The molecule has 2 rings (SSSR count). The monoisotopic (exact) mass is 511 g/mol. The molecule has 8 nitrogen and oxygen atoms in total. The van der Waals surface area contributed by atoms with Gasteiger partial charge >= 0.3 is 0 Å². The summed E-state index contributed by atoms with van der Waals surface area (Å²) >= 11 is 3.40. The first-order valence-corrected chi connectivity index (χ1v) is 12.1. The molecule has 2 aromatic rings. The lowest BCUT2D eigenvalue weighted by Gasteiger charge is -2.31. The minimum atomic E-state index is -3.81. The Morgan fingerprint density at radius 1 is 1.16 bits per heavy atom. The average molecular weight is 512 g/mol. The molecule has 0 spiro atoms. The van der Waals surface area contributed by atoms with E-state index in [0.717, 1.165) is 20.6 Å². The van der Waals surface area contributed by atoms with Crippen molar-refractivity contribution in [3.05, 3.63) is 58.6 Å². The number of rotatable bonds is 9. The Kier molecular flexibility index (Phi) is 8.46. The highest BCUT2D eigenvalue weighted by Gasteiger charge is 2.30. The van der Waals surface area contributed by atoms with Gasteiger partial charge in [0.05, 0.1) is 19.1 Å². The van der Waals surface area contributed by atoms with Crippen LogP contribution >= 0.6 is 15.9 Å². The van der Waals surface area contributed by atoms with Crippen LogP contribution in [-0.2, 0) is 26.2 Å². The summed E-state index contributed by atoms with van der Waals surface area (Å²) in [5, 5.41) is 2.54. The second-order valence-electron chi connectivity index (χ2n) is 6.88. The maximum atomic E-state index is 13.3. The number of methoxy groups -OCH3 is 1. The number of hydrogen-bond donors (Lipinski definition) is 1. The van der Waals surface area contributed by atoms with Crippen molar-refractivity contribution in [2.75, 3.05) is 31.3 Å². The summed E-state index contributed by atoms with van der Waals surface area (Å²) in [4.78, 5) is 27.0. The molecule has 0 heterocycles. The van der Waals surface area contributed by atoms with Gasteiger partial charge in [0.15, 0.2) is 0 Å². The number of nitrogens with one attached hydrogen (secondary N) is 1. The van der Waals surface area contributed by atoms with E-state index < -0.39 is 28.5 Å². The molecule has 0 aromatic heterocycles. The number of ether oxygens (including phenoxy) is 1. The number of halogens is 1. The van der Waals surface area contributed by atoms with E-state index >= 15 is 0 Å². The van der Waals surface area contributed by atoms with Gasteiger partial charge in [-0.05, 0) is 36.8 Å². The van der Waals surface area contributed by atoms with Crippen LogP contribution in [0.3, 0.4) is 0 Å². The Hall–Kier alpha value is -2.59. The number of anilines is 1. The molecule has 0 aliphatic rings. The highest BCUT2D eigenvalue weighted by Crippen LogP contribution is 2.29. The lowest BCUT2D eigenvalue weighted by atomic mass is 10.1. The van der Waals surface area contributed by atoms with E-state index in [1.54, 1.807) is 31.2 Å². The Bertz CT molecular complexity index is 1040. The maximum absolute atomic E-state index is 13.3. The number of amides is 2. The fourth-order valence-electron chi connectivity index (χ4n) is 3.05. The van der Waals surface area contributed by atoms with Crippen LogP contribution in [-0.4, -0.2) is 58.1 Å². The van der Waals surface area contributed by atoms with Gasteiger partial charge in [-0.15, -0.1) is 0 Å². The van der Waals surface area contributed by atoms with Crippen molar-refractivity contribution in [1.82, 2.24) is 10.2 Å². The molecule has 0 saturated heterocycles. The first kappa shape index (κ1) is 24.7. The van der Waals surface area contributed by atoms with Crippen molar-refractivity contribution in [3.8, 4) is 5.75 Å². The molecule has 0 saturated carbocycles. The van der Waals surface area contributed by atoms with Gasteiger partial charge in [0.2, 0.25) is 21.8 Å². The topological polar surface area (TPSA) is 96.0 Å². The summed E-state index contributed by atoms with van der Waals surface area (Å²) in [7, 11) is -0.903. The van der Waals surface area contributed by atoms with Crippen LogP contribution in [0.25, 0.3) is 0 Å². The number of likely N-dealkylation sites (N-methyl/N-ethyl adjacent to an activating group) is 1. The molecule has 0 fully saturated rings. The molecule has 0 aliphatic carbocycles. The number of sulfonamides is 1. The third-order valence-corrected chi connectivity index (χ3v) is 6.31. The molecule has 168 valence electrons. The molecule has 0 unspecified atom stereocenters. The summed E-state index contributed by atoms with van der Waals surface area (Å²) in [6.07, 6.45) is 1.02. The van der Waals surface area contributed by atoms with Gasteiger partial charge in [0.1, 0.15) is 18.3 Å². The highest BCUT2D eigenvalue weighted by molar-refractivity contribution is 9.10. The average Bonchev–Trinajstić information content (AvgIpc) is 2.73. The molecule has 1 atom stereocenters. The molecule has 2 amide bonds. The first-order valence-electron chi connectivity index (χ1n) is 9.44.